The van der Waals surface area contributed by atoms with Crippen molar-refractivity contribution in [2.24, 2.45) is 0 Å². The molecule has 0 amide bonds. The monoisotopic (exact) mass is 410 g/mol. The van der Waals surface area contributed by atoms with Crippen LogP contribution >= 0.6 is 15.9 Å². The third-order valence-corrected chi connectivity index (χ3v) is 4.07. The molecular weight excluding hydrogens is 394 g/mol. The Balaban J connectivity index is 2.14. The van der Waals surface area contributed by atoms with Crippen molar-refractivity contribution in [3.8, 4) is 5.75 Å². The number of ether oxygens (including phenoxy) is 1. The first kappa shape index (κ1) is 19.2. The molecule has 132 valence electrons. The van der Waals surface area contributed by atoms with Crippen molar-refractivity contribution < 1.29 is 23.1 Å². The molecule has 1 aliphatic rings. The molecule has 0 heterocycles. The van der Waals surface area contributed by atoms with Gasteiger partial charge in [-0.05, 0) is 37.6 Å². The molecule has 0 atom stereocenters. The Labute approximate surface area is 153 Å². The van der Waals surface area contributed by atoms with Crippen LogP contribution in [0.25, 0.3) is 0 Å². The highest BCUT2D eigenvalue weighted by molar-refractivity contribution is 9.10. The molecule has 0 saturated carbocycles. The Morgan fingerprint density at radius 1 is 1.20 bits per heavy atom. The van der Waals surface area contributed by atoms with Crippen LogP contribution in [-0.4, -0.2) is 18.2 Å². The van der Waals surface area contributed by atoms with E-state index in [0.717, 1.165) is 6.08 Å². The van der Waals surface area contributed by atoms with Crippen LogP contribution in [0.3, 0.4) is 0 Å². The van der Waals surface area contributed by atoms with Crippen LogP contribution in [0.1, 0.15) is 36.5 Å². The Morgan fingerprint density at radius 2 is 1.96 bits per heavy atom. The van der Waals surface area contributed by atoms with Crippen molar-refractivity contribution in [2.45, 2.75) is 26.2 Å². The Kier molecular flexibility index (Phi) is 6.82. The summed E-state index contributed by atoms with van der Waals surface area (Å²) in [7, 11) is 0. The van der Waals surface area contributed by atoms with Crippen molar-refractivity contribution in [1.82, 2.24) is 0 Å². The maximum absolute atomic E-state index is 13.9. The molecule has 0 saturated heterocycles. The zero-order valence-corrected chi connectivity index (χ0v) is 15.2. The summed E-state index contributed by atoms with van der Waals surface area (Å²) >= 11 is 3.30. The summed E-state index contributed by atoms with van der Waals surface area (Å²) in [6, 6.07) is 4.90. The van der Waals surface area contributed by atoms with E-state index < -0.39 is 11.7 Å². The van der Waals surface area contributed by atoms with Gasteiger partial charge in [-0.3, -0.25) is 4.79 Å². The van der Waals surface area contributed by atoms with Gasteiger partial charge in [0.05, 0.1) is 5.56 Å². The lowest BCUT2D eigenvalue weighted by atomic mass is 10.0. The molecule has 0 radical (unpaired) electrons. The van der Waals surface area contributed by atoms with Crippen LogP contribution in [-0.2, 0) is 4.79 Å². The van der Waals surface area contributed by atoms with E-state index in [-0.39, 0.29) is 43.0 Å². The smallest absolute Gasteiger partial charge is 0.167 e. The van der Waals surface area contributed by atoms with Crippen LogP contribution in [0.5, 0.6) is 5.75 Å². The van der Waals surface area contributed by atoms with Gasteiger partial charge in [-0.15, -0.1) is 0 Å². The molecule has 0 unspecified atom stereocenters. The highest BCUT2D eigenvalue weighted by Crippen LogP contribution is 2.27. The lowest BCUT2D eigenvalue weighted by molar-refractivity contribution is -0.116. The molecule has 0 N–H and O–H groups in total. The number of carbonyl (C=O) groups excluding carboxylic acids is 2. The normalized spacial score (nSPS) is 14.2. The molecule has 1 aromatic carbocycles. The van der Waals surface area contributed by atoms with Gasteiger partial charge < -0.3 is 9.53 Å². The molecule has 6 heteroatoms. The fourth-order valence-electron chi connectivity index (χ4n) is 2.24. The number of benzene rings is 1. The van der Waals surface area contributed by atoms with Crippen LogP contribution in [0.15, 0.2) is 58.1 Å². The second-order valence-corrected chi connectivity index (χ2v) is 6.52. The fourth-order valence-corrected chi connectivity index (χ4v) is 2.60. The van der Waals surface area contributed by atoms with Crippen molar-refractivity contribution in [1.29, 1.82) is 0 Å². The fraction of sp³-hybridized carbons (Fsp3) is 0.263. The van der Waals surface area contributed by atoms with Gasteiger partial charge in [0.2, 0.25) is 0 Å². The molecule has 2 rings (SSSR count). The summed E-state index contributed by atoms with van der Waals surface area (Å²) < 4.78 is 33.4. The third-order valence-electron chi connectivity index (χ3n) is 3.58. The number of hydrogen-bond acceptors (Lipinski definition) is 3. The average molecular weight is 411 g/mol. The van der Waals surface area contributed by atoms with E-state index in [1.807, 2.05) is 0 Å². The minimum absolute atomic E-state index is 0.0730. The van der Waals surface area contributed by atoms with Gasteiger partial charge in [0, 0.05) is 29.0 Å². The minimum Gasteiger partial charge on any atom is -0.488 e. The topological polar surface area (TPSA) is 43.4 Å². The molecule has 1 aliphatic carbocycles. The lowest BCUT2D eigenvalue weighted by Crippen LogP contribution is -2.08. The molecule has 0 fully saturated rings. The minimum atomic E-state index is -0.701. The van der Waals surface area contributed by atoms with Gasteiger partial charge in [-0.1, -0.05) is 22.0 Å². The summed E-state index contributed by atoms with van der Waals surface area (Å²) in [4.78, 5) is 23.4. The number of allylic oxidation sites excluding steroid dienone is 4. The van der Waals surface area contributed by atoms with E-state index in [2.05, 4.69) is 15.9 Å². The number of hydrogen-bond donors (Lipinski definition) is 0. The summed E-state index contributed by atoms with van der Waals surface area (Å²) in [5, 5.41) is 0. The number of ketones is 2. The molecule has 0 aliphatic heterocycles. The number of carbonyl (C=O) groups is 2. The SMILES string of the molecule is CC(=O)CCC(=O)c1cc(Br)ccc1OCC1=CCC=C(F)C=C1F. The molecule has 1 aromatic rings. The highest BCUT2D eigenvalue weighted by Gasteiger charge is 2.16. The van der Waals surface area contributed by atoms with E-state index in [9.17, 15) is 18.4 Å². The molecule has 0 spiro atoms. The quantitative estimate of drug-likeness (QED) is 0.563. The Morgan fingerprint density at radius 3 is 2.68 bits per heavy atom. The first-order valence-electron chi connectivity index (χ1n) is 7.74. The van der Waals surface area contributed by atoms with Crippen LogP contribution in [0, 0.1) is 0 Å². The number of Topliss-reactive ketones (excluding diaryl/α,β-unsaturated/α-hetero) is 2. The Bertz CT molecular complexity index is 779. The van der Waals surface area contributed by atoms with Crippen LogP contribution < -0.4 is 4.74 Å². The second-order valence-electron chi connectivity index (χ2n) is 5.60. The maximum atomic E-state index is 13.9. The summed E-state index contributed by atoms with van der Waals surface area (Å²) in [5.74, 6) is -1.34. The van der Waals surface area contributed by atoms with Crippen molar-refractivity contribution in [3.63, 3.8) is 0 Å². The Hall–Kier alpha value is -2.08. The van der Waals surface area contributed by atoms with Crippen LogP contribution in [0.4, 0.5) is 8.78 Å². The standard InChI is InChI=1S/C19H17BrF2O3/c1-12(23)5-7-18(24)16-9-14(20)6-8-19(16)25-11-13-3-2-4-15(21)10-17(13)22/h3-4,6,8-10H,2,5,7,11H2,1H3. The molecule has 25 heavy (non-hydrogen) atoms. The van der Waals surface area contributed by atoms with Gasteiger partial charge in [0.15, 0.2) is 5.78 Å². The molecule has 3 nitrogen and oxygen atoms in total. The van der Waals surface area contributed by atoms with Gasteiger partial charge in [0.25, 0.3) is 0 Å². The van der Waals surface area contributed by atoms with Crippen molar-refractivity contribution in [3.05, 3.63) is 63.7 Å². The second kappa shape index (κ2) is 8.85. The van der Waals surface area contributed by atoms with Crippen molar-refractivity contribution >= 4 is 27.5 Å². The molecule has 0 bridgehead atoms. The number of rotatable bonds is 7. The first-order chi connectivity index (χ1) is 11.9. The van der Waals surface area contributed by atoms with Crippen LogP contribution in [0.2, 0.25) is 0 Å². The summed E-state index contributed by atoms with van der Waals surface area (Å²) in [6.07, 6.45) is 4.10. The van der Waals surface area contributed by atoms with Gasteiger partial charge in [-0.25, -0.2) is 8.78 Å². The molecular formula is C19H17BrF2O3. The predicted molar refractivity (Wildman–Crippen MR) is 95.0 cm³/mol. The van der Waals surface area contributed by atoms with Gasteiger partial charge in [-0.2, -0.15) is 0 Å². The summed E-state index contributed by atoms with van der Waals surface area (Å²) in [6.45, 7) is 1.30. The zero-order chi connectivity index (χ0) is 18.4. The van der Waals surface area contributed by atoms with Gasteiger partial charge in [0.1, 0.15) is 29.8 Å². The third kappa shape index (κ3) is 5.74. The lowest BCUT2D eigenvalue weighted by Gasteiger charge is -2.12. The van der Waals surface area contributed by atoms with E-state index in [0.29, 0.717) is 15.8 Å². The van der Waals surface area contributed by atoms with E-state index in [4.69, 9.17) is 4.74 Å². The van der Waals surface area contributed by atoms with E-state index in [1.54, 1.807) is 18.2 Å². The number of halogens is 3. The first-order valence-corrected chi connectivity index (χ1v) is 8.53. The van der Waals surface area contributed by atoms with E-state index >= 15 is 0 Å². The predicted octanol–water partition coefficient (Wildman–Crippen LogP) is 5.42. The summed E-state index contributed by atoms with van der Waals surface area (Å²) in [5.41, 5.74) is 0.535. The highest BCUT2D eigenvalue weighted by atomic mass is 79.9. The average Bonchev–Trinajstić information content (AvgIpc) is 2.71. The van der Waals surface area contributed by atoms with Gasteiger partial charge >= 0.3 is 0 Å². The molecule has 0 aromatic heterocycles. The zero-order valence-electron chi connectivity index (χ0n) is 13.7. The largest absolute Gasteiger partial charge is 0.488 e. The maximum Gasteiger partial charge on any atom is 0.167 e. The van der Waals surface area contributed by atoms with E-state index in [1.165, 1.54) is 19.1 Å². The van der Waals surface area contributed by atoms with Crippen molar-refractivity contribution in [2.75, 3.05) is 6.61 Å².